The lowest BCUT2D eigenvalue weighted by Gasteiger charge is -2.16. The summed E-state index contributed by atoms with van der Waals surface area (Å²) in [7, 11) is 0. The van der Waals surface area contributed by atoms with Gasteiger partial charge in [0.15, 0.2) is 0 Å². The molecule has 4 nitrogen and oxygen atoms in total. The molecule has 1 heterocycles. The second-order valence-electron chi connectivity index (χ2n) is 5.69. The Balaban J connectivity index is 2.52. The van der Waals surface area contributed by atoms with E-state index in [4.69, 9.17) is 0 Å². The van der Waals surface area contributed by atoms with Crippen LogP contribution in [0.2, 0.25) is 0 Å². The van der Waals surface area contributed by atoms with Crippen LogP contribution < -0.4 is 10.6 Å². The van der Waals surface area contributed by atoms with E-state index in [0.29, 0.717) is 12.0 Å². The number of aromatic nitrogens is 2. The van der Waals surface area contributed by atoms with Crippen LogP contribution in [0.25, 0.3) is 0 Å². The van der Waals surface area contributed by atoms with Gasteiger partial charge in [0, 0.05) is 18.8 Å². The maximum Gasteiger partial charge on any atom is 0.224 e. The summed E-state index contributed by atoms with van der Waals surface area (Å²) in [6.07, 6.45) is 6.55. The van der Waals surface area contributed by atoms with Crippen LogP contribution in [0.15, 0.2) is 10.7 Å². The highest BCUT2D eigenvalue weighted by Gasteiger charge is 2.09. The molecule has 0 aliphatic carbocycles. The Bertz CT molecular complexity index is 395. The van der Waals surface area contributed by atoms with Gasteiger partial charge in [0.25, 0.3) is 0 Å². The average molecular weight is 343 g/mol. The number of hydrogen-bond acceptors (Lipinski definition) is 4. The molecule has 1 rings (SSSR count). The molecule has 1 aromatic rings. The fourth-order valence-electron chi connectivity index (χ4n) is 1.93. The first-order valence-electron chi connectivity index (χ1n) is 7.55. The Kier molecular flexibility index (Phi) is 7.88. The van der Waals surface area contributed by atoms with E-state index in [2.05, 4.69) is 64.2 Å². The summed E-state index contributed by atoms with van der Waals surface area (Å²) in [5, 5.41) is 6.67. The fraction of sp³-hybridized carbons (Fsp3) is 0.733. The third-order valence-corrected chi connectivity index (χ3v) is 3.66. The molecule has 5 heteroatoms. The molecular weight excluding hydrogens is 316 g/mol. The Morgan fingerprint density at radius 1 is 1.25 bits per heavy atom. The third-order valence-electron chi connectivity index (χ3n) is 3.08. The number of nitrogens with zero attached hydrogens (tertiary/aromatic N) is 2. The van der Waals surface area contributed by atoms with Crippen LogP contribution >= 0.6 is 15.9 Å². The Morgan fingerprint density at radius 2 is 2.00 bits per heavy atom. The van der Waals surface area contributed by atoms with E-state index in [9.17, 15) is 0 Å². The van der Waals surface area contributed by atoms with E-state index in [-0.39, 0.29) is 0 Å². The van der Waals surface area contributed by atoms with Gasteiger partial charge in [-0.05, 0) is 41.6 Å². The molecule has 0 bridgehead atoms. The molecule has 20 heavy (non-hydrogen) atoms. The number of nitrogens with one attached hydrogen (secondary N) is 2. The van der Waals surface area contributed by atoms with Gasteiger partial charge in [-0.2, -0.15) is 4.98 Å². The van der Waals surface area contributed by atoms with Crippen LogP contribution in [0.3, 0.4) is 0 Å². The largest absolute Gasteiger partial charge is 0.367 e. The lowest BCUT2D eigenvalue weighted by Crippen LogP contribution is -2.17. The van der Waals surface area contributed by atoms with E-state index in [1.165, 1.54) is 12.8 Å². The van der Waals surface area contributed by atoms with Gasteiger partial charge in [0.05, 0.1) is 4.47 Å². The van der Waals surface area contributed by atoms with Gasteiger partial charge in [-0.1, -0.05) is 33.6 Å². The lowest BCUT2D eigenvalue weighted by atomic mass is 10.0. The van der Waals surface area contributed by atoms with E-state index < -0.39 is 0 Å². The zero-order valence-electron chi connectivity index (χ0n) is 13.0. The summed E-state index contributed by atoms with van der Waals surface area (Å²) in [5.74, 6) is 2.33. The van der Waals surface area contributed by atoms with E-state index in [1.54, 1.807) is 6.20 Å². The van der Waals surface area contributed by atoms with Crippen LogP contribution in [-0.4, -0.2) is 22.6 Å². The van der Waals surface area contributed by atoms with Crippen LogP contribution in [0.5, 0.6) is 0 Å². The van der Waals surface area contributed by atoms with Gasteiger partial charge in [-0.25, -0.2) is 4.98 Å². The molecule has 1 unspecified atom stereocenters. The van der Waals surface area contributed by atoms with Crippen LogP contribution in [0.1, 0.15) is 53.4 Å². The van der Waals surface area contributed by atoms with E-state index in [0.717, 1.165) is 35.6 Å². The predicted molar refractivity (Wildman–Crippen MR) is 90.3 cm³/mol. The monoisotopic (exact) mass is 342 g/mol. The minimum atomic E-state index is 0.416. The first-order valence-corrected chi connectivity index (χ1v) is 8.35. The van der Waals surface area contributed by atoms with Crippen molar-refractivity contribution in [3.63, 3.8) is 0 Å². The molecule has 0 fully saturated rings. The molecule has 0 radical (unpaired) electrons. The topological polar surface area (TPSA) is 49.8 Å². The van der Waals surface area contributed by atoms with Crippen molar-refractivity contribution in [1.82, 2.24) is 9.97 Å². The quantitative estimate of drug-likeness (QED) is 0.683. The Labute approximate surface area is 131 Å². The summed E-state index contributed by atoms with van der Waals surface area (Å²) < 4.78 is 0.912. The first kappa shape index (κ1) is 17.2. The van der Waals surface area contributed by atoms with E-state index >= 15 is 0 Å². The summed E-state index contributed by atoms with van der Waals surface area (Å²) in [6, 6.07) is 0.416. The maximum atomic E-state index is 4.51. The van der Waals surface area contributed by atoms with Crippen molar-refractivity contribution in [2.45, 2.75) is 59.4 Å². The Morgan fingerprint density at radius 3 is 2.65 bits per heavy atom. The number of halogens is 1. The van der Waals surface area contributed by atoms with Crippen molar-refractivity contribution in [1.29, 1.82) is 0 Å². The summed E-state index contributed by atoms with van der Waals surface area (Å²) in [6.45, 7) is 9.76. The van der Waals surface area contributed by atoms with Gasteiger partial charge in [0.2, 0.25) is 5.95 Å². The van der Waals surface area contributed by atoms with Crippen LogP contribution in [0, 0.1) is 5.92 Å². The molecule has 0 spiro atoms. The molecule has 1 atom stereocenters. The molecular formula is C15H27BrN4. The number of hydrogen-bond donors (Lipinski definition) is 2. The first-order chi connectivity index (χ1) is 9.52. The molecule has 1 aromatic heterocycles. The van der Waals surface area contributed by atoms with Gasteiger partial charge < -0.3 is 10.6 Å². The highest BCUT2D eigenvalue weighted by molar-refractivity contribution is 9.10. The molecule has 0 aromatic carbocycles. The number of anilines is 2. The maximum absolute atomic E-state index is 4.51. The van der Waals surface area contributed by atoms with E-state index in [1.807, 2.05) is 0 Å². The standard InChI is InChI=1S/C15H27BrN4/c1-5-9-17-15-18-10-13(16)14(20-15)19-12(4)8-6-7-11(2)3/h10-12H,5-9H2,1-4H3,(H2,17,18,19,20). The lowest BCUT2D eigenvalue weighted by molar-refractivity contribution is 0.520. The van der Waals surface area contributed by atoms with Crippen LogP contribution in [0.4, 0.5) is 11.8 Å². The summed E-state index contributed by atoms with van der Waals surface area (Å²) in [5.41, 5.74) is 0. The third kappa shape index (κ3) is 6.55. The molecule has 0 saturated carbocycles. The smallest absolute Gasteiger partial charge is 0.224 e. The minimum absolute atomic E-state index is 0.416. The molecule has 0 aliphatic heterocycles. The molecule has 0 saturated heterocycles. The minimum Gasteiger partial charge on any atom is -0.367 e. The van der Waals surface area contributed by atoms with Gasteiger partial charge in [0.1, 0.15) is 5.82 Å². The van der Waals surface area contributed by atoms with Crippen LogP contribution in [-0.2, 0) is 0 Å². The average Bonchev–Trinajstić information content (AvgIpc) is 2.39. The van der Waals surface area contributed by atoms with Crippen molar-refractivity contribution in [2.75, 3.05) is 17.2 Å². The normalized spacial score (nSPS) is 12.5. The van der Waals surface area contributed by atoms with Crippen molar-refractivity contribution in [3.8, 4) is 0 Å². The van der Waals surface area contributed by atoms with Gasteiger partial charge in [-0.3, -0.25) is 0 Å². The highest BCUT2D eigenvalue weighted by atomic mass is 79.9. The fourth-order valence-corrected chi connectivity index (χ4v) is 2.23. The van der Waals surface area contributed by atoms with Gasteiger partial charge in [-0.15, -0.1) is 0 Å². The molecule has 2 N–H and O–H groups in total. The molecule has 0 aliphatic rings. The zero-order valence-corrected chi connectivity index (χ0v) is 14.6. The Hall–Kier alpha value is -0.840. The van der Waals surface area contributed by atoms with Gasteiger partial charge >= 0.3 is 0 Å². The summed E-state index contributed by atoms with van der Waals surface area (Å²) in [4.78, 5) is 8.77. The highest BCUT2D eigenvalue weighted by Crippen LogP contribution is 2.22. The van der Waals surface area contributed by atoms with Crippen molar-refractivity contribution >= 4 is 27.7 Å². The molecule has 0 amide bonds. The second kappa shape index (κ2) is 9.16. The zero-order chi connectivity index (χ0) is 15.0. The van der Waals surface area contributed by atoms with Crippen molar-refractivity contribution < 1.29 is 0 Å². The predicted octanol–water partition coefficient (Wildman–Crippen LogP) is 4.69. The summed E-state index contributed by atoms with van der Waals surface area (Å²) >= 11 is 3.50. The SMILES string of the molecule is CCCNc1ncc(Br)c(NC(C)CCCC(C)C)n1. The van der Waals surface area contributed by atoms with Crippen molar-refractivity contribution in [3.05, 3.63) is 10.7 Å². The molecule has 114 valence electrons. The second-order valence-corrected chi connectivity index (χ2v) is 6.54. The number of rotatable bonds is 9. The van der Waals surface area contributed by atoms with Crippen molar-refractivity contribution in [2.24, 2.45) is 5.92 Å².